The molecule has 1 rings (SSSR count). The fourth-order valence-corrected chi connectivity index (χ4v) is 1.57. The van der Waals surface area contributed by atoms with Crippen molar-refractivity contribution in [2.24, 2.45) is 0 Å². The third kappa shape index (κ3) is 4.46. The van der Waals surface area contributed by atoms with Crippen LogP contribution in [0.4, 0.5) is 22.0 Å². The van der Waals surface area contributed by atoms with Crippen LogP contribution < -0.4 is 10.1 Å². The summed E-state index contributed by atoms with van der Waals surface area (Å²) in [5, 5.41) is 1.62. The Balaban J connectivity index is 3.00. The summed E-state index contributed by atoms with van der Waals surface area (Å²) < 4.78 is 67.0. The fraction of sp³-hybridized carbons (Fsp3) is 0.500. The Kier molecular flexibility index (Phi) is 5.30. The molecule has 3 nitrogen and oxygen atoms in total. The Labute approximate surface area is 110 Å². The van der Waals surface area contributed by atoms with E-state index in [0.717, 1.165) is 12.3 Å². The Morgan fingerprint density at radius 2 is 2.05 bits per heavy atom. The summed E-state index contributed by atoms with van der Waals surface area (Å²) in [6.45, 7) is -1.10. The summed E-state index contributed by atoms with van der Waals surface area (Å²) in [7, 11) is 1.28. The Morgan fingerprint density at radius 1 is 1.42 bits per heavy atom. The second-order valence-corrected chi connectivity index (χ2v) is 3.92. The first-order valence-electron chi connectivity index (χ1n) is 5.03. The molecule has 0 aliphatic heterocycles. The van der Waals surface area contributed by atoms with E-state index >= 15 is 0 Å². The smallest absolute Gasteiger partial charge is 0.409 e. The molecule has 1 unspecified atom stereocenters. The van der Waals surface area contributed by atoms with E-state index in [2.05, 4.69) is 4.98 Å². The molecule has 0 saturated carbocycles. The summed E-state index contributed by atoms with van der Waals surface area (Å²) in [4.78, 5) is 3.52. The number of hydrogen-bond donors (Lipinski definition) is 1. The molecule has 0 amide bonds. The minimum absolute atomic E-state index is 0.0828. The van der Waals surface area contributed by atoms with Gasteiger partial charge in [0.1, 0.15) is 6.04 Å². The van der Waals surface area contributed by atoms with Crippen LogP contribution in [0.15, 0.2) is 12.3 Å². The Hall–Kier alpha value is -1.15. The molecule has 0 radical (unpaired) electrons. The molecule has 1 aromatic rings. The van der Waals surface area contributed by atoms with Crippen molar-refractivity contribution in [1.29, 1.82) is 0 Å². The Morgan fingerprint density at radius 3 is 2.47 bits per heavy atom. The van der Waals surface area contributed by atoms with Crippen molar-refractivity contribution < 1.29 is 26.7 Å². The zero-order valence-electron chi connectivity index (χ0n) is 9.64. The molecule has 0 bridgehead atoms. The maximum absolute atomic E-state index is 12.7. The van der Waals surface area contributed by atoms with Gasteiger partial charge >= 0.3 is 6.18 Å². The molecule has 0 aliphatic rings. The van der Waals surface area contributed by atoms with Crippen LogP contribution in [0.3, 0.4) is 0 Å². The molecule has 0 aliphatic carbocycles. The Bertz CT molecular complexity index is 427. The summed E-state index contributed by atoms with van der Waals surface area (Å²) in [6.07, 6.45) is -6.67. The number of halogens is 6. The lowest BCUT2D eigenvalue weighted by atomic mass is 10.1. The first-order valence-corrected chi connectivity index (χ1v) is 5.41. The van der Waals surface area contributed by atoms with Crippen molar-refractivity contribution in [3.63, 3.8) is 0 Å². The topological polar surface area (TPSA) is 34.1 Å². The maximum Gasteiger partial charge on any atom is 0.409 e. The van der Waals surface area contributed by atoms with Gasteiger partial charge in [0, 0.05) is 0 Å². The van der Waals surface area contributed by atoms with E-state index in [4.69, 9.17) is 16.3 Å². The first-order chi connectivity index (χ1) is 8.75. The van der Waals surface area contributed by atoms with Gasteiger partial charge in [0.2, 0.25) is 0 Å². The minimum Gasteiger partial charge on any atom is -0.494 e. The fourth-order valence-electron chi connectivity index (χ4n) is 1.34. The number of nitrogens with one attached hydrogen (secondary N) is 1. The van der Waals surface area contributed by atoms with Gasteiger partial charge < -0.3 is 4.74 Å². The normalized spacial score (nSPS) is 13.7. The molecule has 0 aromatic carbocycles. The van der Waals surface area contributed by atoms with Crippen LogP contribution in [0.25, 0.3) is 0 Å². The average Bonchev–Trinajstić information content (AvgIpc) is 2.27. The number of nitrogens with zero attached hydrogens (tertiary/aromatic N) is 1. The quantitative estimate of drug-likeness (QED) is 0.848. The standard InChI is InChI=1S/C10H10ClF5N2O/c1-19-7-3-17-6(2-5(7)11)9(10(14,15)16)18-4-8(12)13/h2-3,8-9,18H,4H2,1H3. The van der Waals surface area contributed by atoms with Gasteiger partial charge in [0.15, 0.2) is 5.75 Å². The van der Waals surface area contributed by atoms with Crippen LogP contribution in [0.1, 0.15) is 11.7 Å². The molecular formula is C10H10ClF5N2O. The number of alkyl halides is 5. The highest BCUT2D eigenvalue weighted by Crippen LogP contribution is 2.34. The number of aromatic nitrogens is 1. The van der Waals surface area contributed by atoms with Gasteiger partial charge in [0.05, 0.1) is 30.6 Å². The number of pyridine rings is 1. The lowest BCUT2D eigenvalue weighted by Crippen LogP contribution is -2.37. The monoisotopic (exact) mass is 304 g/mol. The molecule has 9 heteroatoms. The molecule has 108 valence electrons. The van der Waals surface area contributed by atoms with E-state index in [1.54, 1.807) is 5.32 Å². The summed E-state index contributed by atoms with van der Waals surface area (Å²) in [6, 6.07) is -1.39. The third-order valence-electron chi connectivity index (χ3n) is 2.16. The van der Waals surface area contributed by atoms with Crippen LogP contribution in [-0.2, 0) is 0 Å². The second-order valence-electron chi connectivity index (χ2n) is 3.52. The zero-order chi connectivity index (χ0) is 14.6. The zero-order valence-corrected chi connectivity index (χ0v) is 10.4. The van der Waals surface area contributed by atoms with Crippen LogP contribution >= 0.6 is 11.6 Å². The lowest BCUT2D eigenvalue weighted by molar-refractivity contribution is -0.159. The molecule has 1 atom stereocenters. The highest BCUT2D eigenvalue weighted by molar-refractivity contribution is 6.32. The number of methoxy groups -OCH3 is 1. The van der Waals surface area contributed by atoms with Gasteiger partial charge in [-0.2, -0.15) is 13.2 Å². The maximum atomic E-state index is 12.7. The molecule has 0 fully saturated rings. The molecule has 1 aromatic heterocycles. The van der Waals surface area contributed by atoms with Gasteiger partial charge in [-0.1, -0.05) is 11.6 Å². The van der Waals surface area contributed by atoms with Crippen molar-refractivity contribution >= 4 is 11.6 Å². The van der Waals surface area contributed by atoms with Crippen molar-refractivity contribution in [1.82, 2.24) is 10.3 Å². The van der Waals surface area contributed by atoms with E-state index in [9.17, 15) is 22.0 Å². The molecule has 1 N–H and O–H groups in total. The SMILES string of the molecule is COc1cnc(C(NCC(F)F)C(F)(F)F)cc1Cl. The van der Waals surface area contributed by atoms with E-state index in [1.807, 2.05) is 0 Å². The average molecular weight is 305 g/mol. The summed E-state index contributed by atoms with van der Waals surface area (Å²) >= 11 is 5.68. The predicted molar refractivity (Wildman–Crippen MR) is 58.6 cm³/mol. The predicted octanol–water partition coefficient (Wildman–Crippen LogP) is 3.20. The first kappa shape index (κ1) is 15.9. The van der Waals surface area contributed by atoms with E-state index in [-0.39, 0.29) is 10.8 Å². The van der Waals surface area contributed by atoms with Gasteiger partial charge in [-0.15, -0.1) is 0 Å². The van der Waals surface area contributed by atoms with E-state index in [0.29, 0.717) is 0 Å². The van der Waals surface area contributed by atoms with Gasteiger partial charge in [-0.3, -0.25) is 10.3 Å². The molecule has 0 spiro atoms. The van der Waals surface area contributed by atoms with Gasteiger partial charge in [-0.05, 0) is 6.07 Å². The van der Waals surface area contributed by atoms with Crippen molar-refractivity contribution in [2.75, 3.05) is 13.7 Å². The lowest BCUT2D eigenvalue weighted by Gasteiger charge is -2.21. The van der Waals surface area contributed by atoms with Crippen molar-refractivity contribution in [2.45, 2.75) is 18.6 Å². The van der Waals surface area contributed by atoms with Gasteiger partial charge in [0.25, 0.3) is 6.43 Å². The van der Waals surface area contributed by atoms with Crippen molar-refractivity contribution in [3.05, 3.63) is 23.0 Å². The van der Waals surface area contributed by atoms with Crippen molar-refractivity contribution in [3.8, 4) is 5.75 Å². The molecule has 0 saturated heterocycles. The van der Waals surface area contributed by atoms with Crippen LogP contribution in [-0.4, -0.2) is 31.2 Å². The molecule has 19 heavy (non-hydrogen) atoms. The molecular weight excluding hydrogens is 295 g/mol. The van der Waals surface area contributed by atoms with E-state index in [1.165, 1.54) is 7.11 Å². The highest BCUT2D eigenvalue weighted by Gasteiger charge is 2.42. The summed E-state index contributed by atoms with van der Waals surface area (Å²) in [5.74, 6) is 0.0974. The molecule has 1 heterocycles. The number of rotatable bonds is 5. The van der Waals surface area contributed by atoms with Crippen LogP contribution in [0.2, 0.25) is 5.02 Å². The van der Waals surface area contributed by atoms with E-state index < -0.39 is 30.9 Å². The number of hydrogen-bond acceptors (Lipinski definition) is 3. The highest BCUT2D eigenvalue weighted by atomic mass is 35.5. The third-order valence-corrected chi connectivity index (χ3v) is 2.46. The largest absolute Gasteiger partial charge is 0.494 e. The van der Waals surface area contributed by atoms with Crippen LogP contribution in [0.5, 0.6) is 5.75 Å². The van der Waals surface area contributed by atoms with Crippen LogP contribution in [0, 0.1) is 0 Å². The minimum atomic E-state index is -4.76. The second kappa shape index (κ2) is 6.33. The summed E-state index contributed by atoms with van der Waals surface area (Å²) in [5.41, 5.74) is -0.501. The van der Waals surface area contributed by atoms with Gasteiger partial charge in [-0.25, -0.2) is 8.78 Å². The number of ether oxygens (including phenoxy) is 1.